The zero-order valence-corrected chi connectivity index (χ0v) is 22.8. The molecule has 0 atom stereocenters. The number of sulfone groups is 1. The molecular weight excluding hydrogens is 545 g/mol. The number of nitrogens with one attached hydrogen (secondary N) is 2. The highest BCUT2D eigenvalue weighted by atomic mass is 32.2. The Hall–Kier alpha value is -3.53. The van der Waals surface area contributed by atoms with Gasteiger partial charge in [-0.1, -0.05) is 12.0 Å². The molecule has 1 aromatic heterocycles. The van der Waals surface area contributed by atoms with Crippen molar-refractivity contribution in [3.05, 3.63) is 54.2 Å². The minimum absolute atomic E-state index is 0.0878. The van der Waals surface area contributed by atoms with Crippen molar-refractivity contribution < 1.29 is 31.5 Å². The second-order valence-corrected chi connectivity index (χ2v) is 11.8. The van der Waals surface area contributed by atoms with Gasteiger partial charge in [0, 0.05) is 42.1 Å². The zero-order chi connectivity index (χ0) is 28.9. The second kappa shape index (κ2) is 12.3. The molecule has 0 spiro atoms. The van der Waals surface area contributed by atoms with Crippen molar-refractivity contribution in [3.63, 3.8) is 0 Å². The Morgan fingerprint density at radius 1 is 1.12 bits per heavy atom. The molecule has 1 aliphatic heterocycles. The lowest BCUT2D eigenvalue weighted by atomic mass is 10.0. The van der Waals surface area contributed by atoms with Crippen molar-refractivity contribution in [2.75, 3.05) is 49.7 Å². The summed E-state index contributed by atoms with van der Waals surface area (Å²) in [7, 11) is -3.31. The van der Waals surface area contributed by atoms with Crippen molar-refractivity contribution in [1.29, 1.82) is 0 Å². The molecular formula is C28H31F3N4O4S. The predicted molar refractivity (Wildman–Crippen MR) is 148 cm³/mol. The third kappa shape index (κ3) is 7.78. The Bertz CT molecular complexity index is 1520. The molecule has 0 amide bonds. The molecule has 4 rings (SSSR count). The number of carbonyl (C=O) groups excluding carboxylic acids is 1. The smallest absolute Gasteiger partial charge is 0.389 e. The summed E-state index contributed by atoms with van der Waals surface area (Å²) in [5, 5.41) is 16.1. The van der Waals surface area contributed by atoms with Crippen LogP contribution in [0.3, 0.4) is 0 Å². The summed E-state index contributed by atoms with van der Waals surface area (Å²) >= 11 is 0. The summed E-state index contributed by atoms with van der Waals surface area (Å²) < 4.78 is 64.9. The highest BCUT2D eigenvalue weighted by Gasteiger charge is 2.30. The maximum Gasteiger partial charge on any atom is 0.406 e. The average Bonchev–Trinajstić information content (AvgIpc) is 3.24. The fourth-order valence-corrected chi connectivity index (χ4v) is 5.35. The number of anilines is 2. The van der Waals surface area contributed by atoms with Gasteiger partial charge in [-0.15, -0.1) is 0 Å². The van der Waals surface area contributed by atoms with Gasteiger partial charge in [0.1, 0.15) is 13.2 Å². The molecule has 12 heteroatoms. The number of alkyl halides is 3. The minimum atomic E-state index is -4.44. The van der Waals surface area contributed by atoms with E-state index in [1.54, 1.807) is 30.3 Å². The topological polar surface area (TPSA) is 104 Å². The number of carbonyl (C=O) groups is 1. The van der Waals surface area contributed by atoms with Crippen LogP contribution >= 0.6 is 0 Å². The molecule has 2 heterocycles. The van der Waals surface area contributed by atoms with Crippen LogP contribution < -0.4 is 10.6 Å². The van der Waals surface area contributed by atoms with Crippen molar-refractivity contribution in [2.24, 2.45) is 0 Å². The summed E-state index contributed by atoms with van der Waals surface area (Å²) in [5.41, 5.74) is 2.00. The minimum Gasteiger partial charge on any atom is -0.389 e. The van der Waals surface area contributed by atoms with Crippen LogP contribution in [-0.2, 0) is 21.2 Å². The number of hydrogen-bond donors (Lipinski definition) is 3. The first-order chi connectivity index (χ1) is 18.9. The summed E-state index contributed by atoms with van der Waals surface area (Å²) in [6.07, 6.45) is -1.82. The largest absolute Gasteiger partial charge is 0.406 e. The summed E-state index contributed by atoms with van der Waals surface area (Å²) in [6, 6.07) is 13.1. The standard InChI is InChI=1S/C28H31F3N4O4S/c1-40(38,39)24-9-7-20(8-10-24)32-13-3-4-22-16-25-26(5-2-6-27(25)35(22)19-28(29,30)31)33-21-11-14-34(15-12-21)17-23(37)18-36/h2,5-10,16,21,32-33,36H,11-15,17-19H2,1H3. The molecule has 0 saturated carbocycles. The zero-order valence-electron chi connectivity index (χ0n) is 22.0. The van der Waals surface area contributed by atoms with Gasteiger partial charge in [-0.05, 0) is 61.2 Å². The second-order valence-electron chi connectivity index (χ2n) is 9.81. The van der Waals surface area contributed by atoms with E-state index in [1.165, 1.54) is 12.1 Å². The van der Waals surface area contributed by atoms with Gasteiger partial charge in [0.25, 0.3) is 0 Å². The van der Waals surface area contributed by atoms with E-state index in [4.69, 9.17) is 5.11 Å². The van der Waals surface area contributed by atoms with Crippen LogP contribution in [0.4, 0.5) is 24.5 Å². The lowest BCUT2D eigenvalue weighted by Gasteiger charge is -2.32. The third-order valence-corrected chi connectivity index (χ3v) is 7.81. The van der Waals surface area contributed by atoms with Crippen LogP contribution in [0.15, 0.2) is 53.4 Å². The Morgan fingerprint density at radius 3 is 2.45 bits per heavy atom. The van der Waals surface area contributed by atoms with Crippen molar-refractivity contribution in [1.82, 2.24) is 9.47 Å². The molecule has 1 fully saturated rings. The Labute approximate surface area is 231 Å². The predicted octanol–water partition coefficient (Wildman–Crippen LogP) is 3.51. The van der Waals surface area contributed by atoms with Gasteiger partial charge in [-0.2, -0.15) is 13.2 Å². The maximum atomic E-state index is 13.5. The van der Waals surface area contributed by atoms with E-state index in [9.17, 15) is 26.4 Å². The molecule has 214 valence electrons. The van der Waals surface area contributed by atoms with Gasteiger partial charge < -0.3 is 20.3 Å². The van der Waals surface area contributed by atoms with Crippen LogP contribution in [-0.4, -0.2) is 80.0 Å². The number of aliphatic hydroxyl groups excluding tert-OH is 1. The van der Waals surface area contributed by atoms with E-state index in [-0.39, 0.29) is 35.5 Å². The van der Waals surface area contributed by atoms with E-state index < -0.39 is 29.2 Å². The number of hydrogen-bond acceptors (Lipinski definition) is 7. The van der Waals surface area contributed by atoms with Gasteiger partial charge in [0.15, 0.2) is 15.6 Å². The number of rotatable bonds is 9. The molecule has 0 radical (unpaired) electrons. The summed E-state index contributed by atoms with van der Waals surface area (Å²) in [6.45, 7) is 0.0526. The number of fused-ring (bicyclic) bond motifs is 1. The van der Waals surface area contributed by atoms with Crippen molar-refractivity contribution in [3.8, 4) is 11.8 Å². The highest BCUT2D eigenvalue weighted by Crippen LogP contribution is 2.31. The molecule has 0 bridgehead atoms. The first-order valence-electron chi connectivity index (χ1n) is 12.8. The van der Waals surface area contributed by atoms with Gasteiger partial charge in [-0.3, -0.25) is 9.69 Å². The Kier molecular flexibility index (Phi) is 9.08. The molecule has 2 aromatic carbocycles. The van der Waals surface area contributed by atoms with Crippen LogP contribution in [0.25, 0.3) is 10.9 Å². The SMILES string of the molecule is CS(=O)(=O)c1ccc(NCC#Cc2cc3c(NC4CCN(CC(=O)CO)CC4)cccc3n2CC(F)(F)F)cc1. The van der Waals surface area contributed by atoms with E-state index in [2.05, 4.69) is 22.5 Å². The van der Waals surface area contributed by atoms with Crippen molar-refractivity contribution in [2.45, 2.75) is 36.5 Å². The van der Waals surface area contributed by atoms with E-state index in [0.29, 0.717) is 29.7 Å². The Morgan fingerprint density at radius 2 is 1.82 bits per heavy atom. The van der Waals surface area contributed by atoms with Gasteiger partial charge in [0.05, 0.1) is 29.2 Å². The van der Waals surface area contributed by atoms with E-state index >= 15 is 0 Å². The number of likely N-dealkylation sites (tertiary alicyclic amines) is 1. The van der Waals surface area contributed by atoms with Crippen LogP contribution in [0, 0.1) is 11.8 Å². The molecule has 0 unspecified atom stereocenters. The van der Waals surface area contributed by atoms with Gasteiger partial charge in [-0.25, -0.2) is 8.42 Å². The molecule has 3 aromatic rings. The molecule has 40 heavy (non-hydrogen) atoms. The maximum absolute atomic E-state index is 13.5. The molecule has 1 aliphatic rings. The first kappa shape index (κ1) is 29.5. The first-order valence-corrected chi connectivity index (χ1v) is 14.7. The highest BCUT2D eigenvalue weighted by molar-refractivity contribution is 7.90. The number of aliphatic hydroxyl groups is 1. The van der Waals surface area contributed by atoms with Gasteiger partial charge >= 0.3 is 6.18 Å². The quantitative estimate of drug-likeness (QED) is 0.335. The fraction of sp³-hybridized carbons (Fsp3) is 0.393. The molecule has 0 aliphatic carbocycles. The van der Waals surface area contributed by atoms with E-state index in [0.717, 1.165) is 29.4 Å². The Balaban J connectivity index is 1.50. The lowest BCUT2D eigenvalue weighted by molar-refractivity contribution is -0.140. The van der Waals surface area contributed by atoms with Crippen LogP contribution in [0.1, 0.15) is 18.5 Å². The normalized spacial score (nSPS) is 15.0. The van der Waals surface area contributed by atoms with Crippen molar-refractivity contribution >= 4 is 37.9 Å². The summed E-state index contributed by atoms with van der Waals surface area (Å²) in [4.78, 5) is 13.7. The summed E-state index contributed by atoms with van der Waals surface area (Å²) in [5.74, 6) is 5.50. The third-order valence-electron chi connectivity index (χ3n) is 6.69. The average molecular weight is 577 g/mol. The molecule has 1 saturated heterocycles. The van der Waals surface area contributed by atoms with Gasteiger partial charge in [0.2, 0.25) is 0 Å². The number of aromatic nitrogens is 1. The number of ketones is 1. The van der Waals surface area contributed by atoms with E-state index in [1.807, 2.05) is 11.0 Å². The van der Waals surface area contributed by atoms with Crippen LogP contribution in [0.2, 0.25) is 0 Å². The molecule has 8 nitrogen and oxygen atoms in total. The number of benzene rings is 2. The molecule has 3 N–H and O–H groups in total. The number of Topliss-reactive ketones (excluding diaryl/α,β-unsaturated/α-hetero) is 1. The number of nitrogens with zero attached hydrogens (tertiary/aromatic N) is 2. The fourth-order valence-electron chi connectivity index (χ4n) is 4.72. The number of halogens is 3. The lowest BCUT2D eigenvalue weighted by Crippen LogP contribution is -2.42. The monoisotopic (exact) mass is 576 g/mol. The van der Waals surface area contributed by atoms with Crippen LogP contribution in [0.5, 0.6) is 0 Å². The number of piperidine rings is 1.